The average Bonchev–Trinajstić information content (AvgIpc) is 3.63. The first-order valence-electron chi connectivity index (χ1n) is 14.9. The van der Waals surface area contributed by atoms with Crippen molar-refractivity contribution in [1.29, 1.82) is 0 Å². The Labute approximate surface area is 255 Å². The Bertz CT molecular complexity index is 1740. The maximum absolute atomic E-state index is 14.1. The fourth-order valence-corrected chi connectivity index (χ4v) is 5.12. The third-order valence-corrected chi connectivity index (χ3v) is 7.68. The van der Waals surface area contributed by atoms with Crippen LogP contribution in [0.1, 0.15) is 55.1 Å². The number of likely N-dealkylation sites (tertiary alicyclic amines) is 1. The highest BCUT2D eigenvalue weighted by molar-refractivity contribution is 5.96. The van der Waals surface area contributed by atoms with Gasteiger partial charge in [-0.1, -0.05) is 12.1 Å². The van der Waals surface area contributed by atoms with Gasteiger partial charge in [0.2, 0.25) is 5.88 Å². The monoisotopic (exact) mass is 600 g/mol. The molecule has 10 nitrogen and oxygen atoms in total. The number of hydrogen-bond acceptors (Lipinski definition) is 7. The molecule has 0 bridgehead atoms. The first-order valence-corrected chi connectivity index (χ1v) is 14.9. The van der Waals surface area contributed by atoms with E-state index in [0.717, 1.165) is 29.5 Å². The number of aryl methyl sites for hydroxylation is 2. The summed E-state index contributed by atoms with van der Waals surface area (Å²) in [6.07, 6.45) is 3.46. The van der Waals surface area contributed by atoms with Crippen LogP contribution in [-0.4, -0.2) is 62.8 Å². The molecule has 1 aliphatic heterocycles. The van der Waals surface area contributed by atoms with Crippen molar-refractivity contribution in [3.63, 3.8) is 0 Å². The lowest BCUT2D eigenvalue weighted by Crippen LogP contribution is -2.53. The minimum absolute atomic E-state index is 0.0679. The van der Waals surface area contributed by atoms with Gasteiger partial charge in [0.25, 0.3) is 5.91 Å². The first-order chi connectivity index (χ1) is 20.9. The summed E-state index contributed by atoms with van der Waals surface area (Å²) in [5.41, 5.74) is 4.51. The zero-order chi connectivity index (χ0) is 31.2. The van der Waals surface area contributed by atoms with Gasteiger partial charge in [0.1, 0.15) is 17.2 Å². The molecule has 1 saturated carbocycles. The van der Waals surface area contributed by atoms with Crippen LogP contribution in [0.2, 0.25) is 0 Å². The summed E-state index contributed by atoms with van der Waals surface area (Å²) in [7, 11) is 0. The molecule has 4 aromatic rings. The van der Waals surface area contributed by atoms with Crippen molar-refractivity contribution in [1.82, 2.24) is 24.8 Å². The number of halogens is 1. The highest BCUT2D eigenvalue weighted by atomic mass is 19.1. The van der Waals surface area contributed by atoms with Gasteiger partial charge >= 0.3 is 6.09 Å². The molecule has 6 rings (SSSR count). The zero-order valence-corrected chi connectivity index (χ0v) is 25.6. The molecule has 1 aliphatic carbocycles. The van der Waals surface area contributed by atoms with Crippen molar-refractivity contribution in [2.75, 3.05) is 25.0 Å². The third kappa shape index (κ3) is 6.46. The smallest absolute Gasteiger partial charge is 0.410 e. The molecule has 2 aromatic carbocycles. The molecule has 1 saturated heterocycles. The minimum atomic E-state index is -0.542. The molecule has 44 heavy (non-hydrogen) atoms. The van der Waals surface area contributed by atoms with E-state index in [1.54, 1.807) is 27.7 Å². The van der Waals surface area contributed by atoms with E-state index in [4.69, 9.17) is 14.6 Å². The maximum atomic E-state index is 14.1. The summed E-state index contributed by atoms with van der Waals surface area (Å²) in [5, 5.41) is 11.2. The molecule has 2 amide bonds. The normalized spacial score (nSPS) is 15.2. The number of carbonyl (C=O) groups is 2. The second-order valence-corrected chi connectivity index (χ2v) is 12.7. The van der Waals surface area contributed by atoms with Gasteiger partial charge in [0, 0.05) is 54.9 Å². The number of amides is 2. The fraction of sp³-hybridized carbons (Fsp3) is 0.394. The topological polar surface area (TPSA) is 110 Å². The lowest BCUT2D eigenvalue weighted by atomic mass is 10.0. The molecule has 0 radical (unpaired) electrons. The molecule has 0 atom stereocenters. The molecule has 2 fully saturated rings. The van der Waals surface area contributed by atoms with Crippen LogP contribution in [0.25, 0.3) is 16.9 Å². The lowest BCUT2D eigenvalue weighted by Gasteiger charge is -2.39. The third-order valence-electron chi connectivity index (χ3n) is 7.68. The molecule has 2 aliphatic rings. The van der Waals surface area contributed by atoms with Crippen LogP contribution in [0.5, 0.6) is 11.6 Å². The van der Waals surface area contributed by atoms with Crippen LogP contribution in [0.4, 0.5) is 14.9 Å². The number of anilines is 1. The Morgan fingerprint density at radius 1 is 1.05 bits per heavy atom. The van der Waals surface area contributed by atoms with E-state index in [1.807, 2.05) is 52.8 Å². The molecule has 11 heteroatoms. The van der Waals surface area contributed by atoms with Crippen molar-refractivity contribution in [2.45, 2.75) is 59.1 Å². The van der Waals surface area contributed by atoms with Gasteiger partial charge < -0.3 is 25.0 Å². The zero-order valence-electron chi connectivity index (χ0n) is 25.6. The van der Waals surface area contributed by atoms with Gasteiger partial charge in [-0.15, -0.1) is 5.10 Å². The van der Waals surface area contributed by atoms with Crippen LogP contribution in [-0.2, 0) is 4.74 Å². The summed E-state index contributed by atoms with van der Waals surface area (Å²) in [6.45, 7) is 11.0. The van der Waals surface area contributed by atoms with Gasteiger partial charge in [-0.3, -0.25) is 4.79 Å². The molecule has 2 N–H and O–H groups in total. The predicted octanol–water partition coefficient (Wildman–Crippen LogP) is 6.12. The molecule has 0 unspecified atom stereocenters. The predicted molar refractivity (Wildman–Crippen MR) is 165 cm³/mol. The molecule has 2 aromatic heterocycles. The quantitative estimate of drug-likeness (QED) is 0.251. The number of imidazole rings is 1. The van der Waals surface area contributed by atoms with E-state index in [1.165, 1.54) is 12.1 Å². The van der Waals surface area contributed by atoms with E-state index < -0.39 is 11.4 Å². The Hall–Kier alpha value is -4.67. The van der Waals surface area contributed by atoms with Gasteiger partial charge in [-0.25, -0.2) is 18.7 Å². The SMILES string of the molecule is Cc1ccc(F)cc1Oc1cc(NCC2CN(C(=O)OC(C)(C)C)C2)c2ncc(-c3ccc(C(=O)NC4CC4)c(C)c3)n2n1. The molecular weight excluding hydrogens is 563 g/mol. The van der Waals surface area contributed by atoms with Crippen LogP contribution in [0, 0.1) is 25.6 Å². The van der Waals surface area contributed by atoms with Crippen molar-refractivity contribution >= 4 is 23.3 Å². The van der Waals surface area contributed by atoms with Gasteiger partial charge in [0.15, 0.2) is 5.65 Å². The van der Waals surface area contributed by atoms with E-state index in [0.29, 0.717) is 48.0 Å². The van der Waals surface area contributed by atoms with Crippen LogP contribution in [0.15, 0.2) is 48.7 Å². The molecule has 0 spiro atoms. The summed E-state index contributed by atoms with van der Waals surface area (Å²) >= 11 is 0. The second-order valence-electron chi connectivity index (χ2n) is 12.7. The average molecular weight is 601 g/mol. The highest BCUT2D eigenvalue weighted by Gasteiger charge is 2.33. The number of hydrogen-bond donors (Lipinski definition) is 2. The Kier molecular flexibility index (Phi) is 7.65. The second kappa shape index (κ2) is 11.4. The number of nitrogens with one attached hydrogen (secondary N) is 2. The van der Waals surface area contributed by atoms with Gasteiger partial charge in [-0.05, 0) is 76.8 Å². The summed E-state index contributed by atoms with van der Waals surface area (Å²) in [5.74, 6) is 0.361. The first kappa shape index (κ1) is 29.4. The summed E-state index contributed by atoms with van der Waals surface area (Å²) < 4.78 is 27.3. The Balaban J connectivity index is 1.27. The maximum Gasteiger partial charge on any atom is 0.410 e. The van der Waals surface area contributed by atoms with E-state index in [2.05, 4.69) is 15.6 Å². The Morgan fingerprint density at radius 3 is 2.52 bits per heavy atom. The van der Waals surface area contributed by atoms with Crippen LogP contribution >= 0.6 is 0 Å². The van der Waals surface area contributed by atoms with Gasteiger partial charge in [-0.2, -0.15) is 0 Å². The lowest BCUT2D eigenvalue weighted by molar-refractivity contribution is 0.000836. The van der Waals surface area contributed by atoms with E-state index in [-0.39, 0.29) is 29.8 Å². The molecule has 3 heterocycles. The molecule has 230 valence electrons. The van der Waals surface area contributed by atoms with E-state index in [9.17, 15) is 14.0 Å². The van der Waals surface area contributed by atoms with E-state index >= 15 is 0 Å². The number of benzene rings is 2. The largest absolute Gasteiger partial charge is 0.444 e. The van der Waals surface area contributed by atoms with Crippen molar-refractivity contribution in [2.24, 2.45) is 5.92 Å². The number of carbonyl (C=O) groups excluding carboxylic acids is 2. The van der Waals surface area contributed by atoms with Crippen molar-refractivity contribution < 1.29 is 23.5 Å². The number of nitrogens with zero attached hydrogens (tertiary/aromatic N) is 4. The number of fused-ring (bicyclic) bond motifs is 1. The standard InChI is InChI=1S/C33H37FN6O4/c1-19-6-8-23(34)13-28(19)43-29-14-26(35-15-21-17-39(18-21)32(42)44-33(3,4)5)30-36-16-27(40(30)38-29)22-7-11-25(20(2)12-22)31(41)37-24-9-10-24/h6-8,11-14,16,21,24,35H,9-10,15,17-18H2,1-5H3,(H,37,41). The number of aromatic nitrogens is 3. The Morgan fingerprint density at radius 2 is 1.82 bits per heavy atom. The fourth-order valence-electron chi connectivity index (χ4n) is 5.12. The van der Waals surface area contributed by atoms with Gasteiger partial charge in [0.05, 0.1) is 17.6 Å². The minimum Gasteiger partial charge on any atom is -0.444 e. The van der Waals surface area contributed by atoms with Crippen molar-refractivity contribution in [3.8, 4) is 22.9 Å². The summed E-state index contributed by atoms with van der Waals surface area (Å²) in [6, 6.07) is 12.0. The molecular formula is C33H37FN6O4. The van der Waals surface area contributed by atoms with Crippen LogP contribution in [0.3, 0.4) is 0 Å². The number of rotatable bonds is 8. The van der Waals surface area contributed by atoms with Crippen molar-refractivity contribution in [3.05, 3.63) is 71.2 Å². The number of ether oxygens (including phenoxy) is 2. The highest BCUT2D eigenvalue weighted by Crippen LogP contribution is 2.32. The summed E-state index contributed by atoms with van der Waals surface area (Å²) in [4.78, 5) is 31.4. The van der Waals surface area contributed by atoms with Crippen LogP contribution < -0.4 is 15.4 Å².